The molecular weight excluding hydrogens is 422 g/mol. The van der Waals surface area contributed by atoms with Crippen molar-refractivity contribution < 1.29 is 24.3 Å². The van der Waals surface area contributed by atoms with E-state index in [4.69, 9.17) is 11.5 Å². The molecular formula is C20H27N5O5S. The number of rotatable bonds is 12. The van der Waals surface area contributed by atoms with Crippen molar-refractivity contribution in [2.24, 2.45) is 11.5 Å². The van der Waals surface area contributed by atoms with Crippen LogP contribution in [0.5, 0.6) is 0 Å². The number of para-hydroxylation sites is 1. The van der Waals surface area contributed by atoms with E-state index in [1.165, 1.54) is 0 Å². The van der Waals surface area contributed by atoms with Gasteiger partial charge < -0.3 is 32.2 Å². The highest BCUT2D eigenvalue weighted by molar-refractivity contribution is 7.98. The molecule has 0 unspecified atom stereocenters. The lowest BCUT2D eigenvalue weighted by Gasteiger charge is -2.22. The molecule has 31 heavy (non-hydrogen) atoms. The van der Waals surface area contributed by atoms with Crippen LogP contribution in [0.15, 0.2) is 30.5 Å². The lowest BCUT2D eigenvalue weighted by atomic mass is 10.0. The van der Waals surface area contributed by atoms with Crippen molar-refractivity contribution in [3.8, 4) is 0 Å². The lowest BCUT2D eigenvalue weighted by Crippen LogP contribution is -2.55. The van der Waals surface area contributed by atoms with Crippen molar-refractivity contribution in [1.82, 2.24) is 15.6 Å². The average Bonchev–Trinajstić information content (AvgIpc) is 3.13. The smallest absolute Gasteiger partial charge is 0.326 e. The number of amides is 3. The second-order valence-corrected chi connectivity index (χ2v) is 8.07. The van der Waals surface area contributed by atoms with Gasteiger partial charge in [0.05, 0.1) is 12.5 Å². The third kappa shape index (κ3) is 7.00. The van der Waals surface area contributed by atoms with Gasteiger partial charge in [-0.05, 0) is 30.1 Å². The van der Waals surface area contributed by atoms with Crippen LogP contribution in [0, 0.1) is 0 Å². The van der Waals surface area contributed by atoms with Crippen molar-refractivity contribution in [2.45, 2.75) is 37.4 Å². The highest BCUT2D eigenvalue weighted by Crippen LogP contribution is 2.19. The molecule has 0 saturated carbocycles. The number of carbonyl (C=O) groups excluding carboxylic acids is 3. The predicted molar refractivity (Wildman–Crippen MR) is 118 cm³/mol. The summed E-state index contributed by atoms with van der Waals surface area (Å²) in [5.74, 6) is -2.86. The topological polar surface area (TPSA) is 180 Å². The highest BCUT2D eigenvalue weighted by atomic mass is 32.2. The van der Waals surface area contributed by atoms with E-state index >= 15 is 0 Å². The molecule has 10 nitrogen and oxygen atoms in total. The minimum atomic E-state index is -1.50. The number of primary amides is 1. The number of nitrogens with two attached hydrogens (primary N) is 2. The summed E-state index contributed by atoms with van der Waals surface area (Å²) in [4.78, 5) is 51.0. The first-order valence-corrected chi connectivity index (χ1v) is 11.0. The summed E-state index contributed by atoms with van der Waals surface area (Å²) in [5, 5.41) is 15.1. The van der Waals surface area contributed by atoms with Crippen LogP contribution in [0.3, 0.4) is 0 Å². The molecule has 0 aliphatic carbocycles. The van der Waals surface area contributed by atoms with Crippen molar-refractivity contribution in [2.75, 3.05) is 12.0 Å². The van der Waals surface area contributed by atoms with Gasteiger partial charge in [0.2, 0.25) is 17.7 Å². The van der Waals surface area contributed by atoms with Crippen molar-refractivity contribution in [3.05, 3.63) is 36.0 Å². The zero-order valence-corrected chi connectivity index (χ0v) is 17.9. The van der Waals surface area contributed by atoms with Gasteiger partial charge >= 0.3 is 5.97 Å². The maximum Gasteiger partial charge on any atom is 0.326 e. The monoisotopic (exact) mass is 449 g/mol. The molecule has 2 rings (SSSR count). The Morgan fingerprint density at radius 1 is 1.13 bits per heavy atom. The van der Waals surface area contributed by atoms with E-state index < -0.39 is 48.2 Å². The molecule has 168 valence electrons. The zero-order valence-electron chi connectivity index (χ0n) is 17.1. The summed E-state index contributed by atoms with van der Waals surface area (Å²) in [6.45, 7) is 0. The van der Waals surface area contributed by atoms with E-state index in [1.54, 1.807) is 18.0 Å². The second-order valence-electron chi connectivity index (χ2n) is 7.08. The molecule has 0 aliphatic heterocycles. The number of fused-ring (bicyclic) bond motifs is 1. The summed E-state index contributed by atoms with van der Waals surface area (Å²) in [6.07, 6.45) is 3.57. The standard InChI is InChI=1S/C20H27N5O5S/c1-31-7-6-13(21)18(27)24-15(19(28)25-16(20(29)30)9-17(22)26)8-11-10-23-14-5-3-2-4-12(11)14/h2-5,10,13,15-16,23H,6-9,21H2,1H3,(H2,22,26)(H,24,27)(H,25,28)(H,29,30)/t13-,15-,16-/m0/s1. The van der Waals surface area contributed by atoms with Crippen LogP contribution < -0.4 is 22.1 Å². The molecule has 1 heterocycles. The van der Waals surface area contributed by atoms with Gasteiger partial charge in [0.15, 0.2) is 0 Å². The number of carbonyl (C=O) groups is 4. The molecule has 2 aromatic rings. The van der Waals surface area contributed by atoms with Crippen LogP contribution in [-0.4, -0.2) is 63.9 Å². The first-order valence-electron chi connectivity index (χ1n) is 9.64. The molecule has 1 aromatic heterocycles. The van der Waals surface area contributed by atoms with E-state index in [0.717, 1.165) is 16.5 Å². The third-order valence-electron chi connectivity index (χ3n) is 4.72. The molecule has 1 aromatic carbocycles. The van der Waals surface area contributed by atoms with E-state index in [2.05, 4.69) is 15.6 Å². The summed E-state index contributed by atoms with van der Waals surface area (Å²) in [6, 6.07) is 4.04. The van der Waals surface area contributed by atoms with Gasteiger partial charge in [-0.3, -0.25) is 14.4 Å². The number of H-pyrrole nitrogens is 1. The number of carboxylic acids is 1. The van der Waals surface area contributed by atoms with Gasteiger partial charge in [-0.1, -0.05) is 18.2 Å². The van der Waals surface area contributed by atoms with Crippen molar-refractivity contribution in [1.29, 1.82) is 0 Å². The highest BCUT2D eigenvalue weighted by Gasteiger charge is 2.29. The molecule has 0 fully saturated rings. The van der Waals surface area contributed by atoms with E-state index in [9.17, 15) is 24.3 Å². The molecule has 8 N–H and O–H groups in total. The number of aromatic amines is 1. The predicted octanol–water partition coefficient (Wildman–Crippen LogP) is -0.280. The summed E-state index contributed by atoms with van der Waals surface area (Å²) in [5.41, 5.74) is 12.6. The Hall–Kier alpha value is -3.05. The number of hydrogen-bond donors (Lipinski definition) is 6. The third-order valence-corrected chi connectivity index (χ3v) is 5.37. The Kier molecular flexibility index (Phi) is 8.88. The number of carboxylic acid groups (broad SMARTS) is 1. The fraction of sp³-hybridized carbons (Fsp3) is 0.400. The molecule has 0 aliphatic rings. The zero-order chi connectivity index (χ0) is 23.0. The van der Waals surface area contributed by atoms with Crippen LogP contribution in [-0.2, 0) is 25.6 Å². The van der Waals surface area contributed by atoms with Gasteiger partial charge in [-0.2, -0.15) is 11.8 Å². The molecule has 3 atom stereocenters. The molecule has 3 amide bonds. The molecule has 11 heteroatoms. The SMILES string of the molecule is CSCC[C@H](N)C(=O)N[C@@H](Cc1c[nH]c2ccccc12)C(=O)N[C@@H](CC(N)=O)C(=O)O. The fourth-order valence-corrected chi connectivity index (χ4v) is 3.55. The van der Waals surface area contributed by atoms with Crippen molar-refractivity contribution >= 4 is 46.4 Å². The number of thioether (sulfide) groups is 1. The molecule has 0 saturated heterocycles. The van der Waals surface area contributed by atoms with Crippen LogP contribution in [0.2, 0.25) is 0 Å². The van der Waals surface area contributed by atoms with Crippen LogP contribution >= 0.6 is 11.8 Å². The minimum absolute atomic E-state index is 0.0970. The molecule has 0 radical (unpaired) electrons. The van der Waals surface area contributed by atoms with Gasteiger partial charge in [0.1, 0.15) is 12.1 Å². The summed E-state index contributed by atoms with van der Waals surface area (Å²) >= 11 is 1.54. The van der Waals surface area contributed by atoms with E-state index in [0.29, 0.717) is 12.2 Å². The van der Waals surface area contributed by atoms with Gasteiger partial charge in [-0.15, -0.1) is 0 Å². The summed E-state index contributed by atoms with van der Waals surface area (Å²) in [7, 11) is 0. The maximum atomic E-state index is 12.9. The minimum Gasteiger partial charge on any atom is -0.480 e. The van der Waals surface area contributed by atoms with Crippen LogP contribution in [0.25, 0.3) is 10.9 Å². The Morgan fingerprint density at radius 3 is 2.45 bits per heavy atom. The number of benzene rings is 1. The first kappa shape index (κ1) is 24.2. The Labute approximate surface area is 183 Å². The number of nitrogens with one attached hydrogen (secondary N) is 3. The molecule has 0 bridgehead atoms. The quantitative estimate of drug-likeness (QED) is 0.258. The van der Waals surface area contributed by atoms with E-state index in [1.807, 2.05) is 30.5 Å². The maximum absolute atomic E-state index is 12.9. The number of hydrogen-bond acceptors (Lipinski definition) is 6. The largest absolute Gasteiger partial charge is 0.480 e. The number of aliphatic carboxylic acids is 1. The van der Waals surface area contributed by atoms with E-state index in [-0.39, 0.29) is 6.42 Å². The number of aromatic nitrogens is 1. The Balaban J connectivity index is 2.23. The Morgan fingerprint density at radius 2 is 1.81 bits per heavy atom. The first-order chi connectivity index (χ1) is 14.7. The molecule has 0 spiro atoms. The van der Waals surface area contributed by atoms with Gasteiger partial charge in [0.25, 0.3) is 0 Å². The van der Waals surface area contributed by atoms with Crippen LogP contribution in [0.1, 0.15) is 18.4 Å². The normalized spacial score (nSPS) is 13.9. The summed E-state index contributed by atoms with van der Waals surface area (Å²) < 4.78 is 0. The van der Waals surface area contributed by atoms with Gasteiger partial charge in [0, 0.05) is 23.5 Å². The van der Waals surface area contributed by atoms with Crippen LogP contribution in [0.4, 0.5) is 0 Å². The average molecular weight is 450 g/mol. The second kappa shape index (κ2) is 11.4. The lowest BCUT2D eigenvalue weighted by molar-refractivity contribution is -0.143. The van der Waals surface area contributed by atoms with Gasteiger partial charge in [-0.25, -0.2) is 4.79 Å². The fourth-order valence-electron chi connectivity index (χ4n) is 3.06. The van der Waals surface area contributed by atoms with Crippen molar-refractivity contribution in [3.63, 3.8) is 0 Å². The Bertz CT molecular complexity index is 947.